The van der Waals surface area contributed by atoms with Gasteiger partial charge in [-0.15, -0.1) is 11.3 Å². The number of hydrogen-bond donors (Lipinski definition) is 0. The number of piperidine rings is 1. The van der Waals surface area contributed by atoms with Gasteiger partial charge in [-0.3, -0.25) is 4.40 Å². The molecule has 0 amide bonds. The van der Waals surface area contributed by atoms with Crippen molar-refractivity contribution in [3.63, 3.8) is 0 Å². The van der Waals surface area contributed by atoms with Gasteiger partial charge in [0.05, 0.1) is 22.4 Å². The zero-order valence-corrected chi connectivity index (χ0v) is 24.3. The highest BCUT2D eigenvalue weighted by molar-refractivity contribution is 7.81. The van der Waals surface area contributed by atoms with Crippen LogP contribution in [0.5, 0.6) is 0 Å². The van der Waals surface area contributed by atoms with Crippen LogP contribution in [0.3, 0.4) is 0 Å². The molecule has 0 radical (unpaired) electrons. The van der Waals surface area contributed by atoms with E-state index in [2.05, 4.69) is 96.3 Å². The molecule has 1 aliphatic heterocycles. The first kappa shape index (κ1) is 26.1. The predicted octanol–water partition coefficient (Wildman–Crippen LogP) is 6.56. The quantitative estimate of drug-likeness (QED) is 0.281. The van der Waals surface area contributed by atoms with E-state index in [1.54, 1.807) is 17.6 Å². The van der Waals surface area contributed by atoms with Gasteiger partial charge in [-0.2, -0.15) is 0 Å². The number of rotatable bonds is 6. The average molecular weight is 536 g/mol. The molecule has 8 heteroatoms. The Balaban J connectivity index is 1.44. The number of pyridine rings is 1. The van der Waals surface area contributed by atoms with Crippen molar-refractivity contribution in [1.29, 1.82) is 0 Å². The van der Waals surface area contributed by atoms with Gasteiger partial charge < -0.3 is 4.90 Å². The van der Waals surface area contributed by atoms with Gasteiger partial charge >= 0.3 is 0 Å². The van der Waals surface area contributed by atoms with E-state index in [1.807, 2.05) is 0 Å². The number of benzene rings is 1. The highest BCUT2D eigenvalue weighted by Crippen LogP contribution is 2.36. The maximum absolute atomic E-state index is 11.9. The van der Waals surface area contributed by atoms with Crippen LogP contribution in [-0.2, 0) is 22.8 Å². The SMILES string of the molecule is CCc1nc2ccc(C3CCN(S(C)=O)CC3)cn2c1N(C)c1nc(-c2ccc(C(C)(C)C)cc2)cs1. The van der Waals surface area contributed by atoms with E-state index >= 15 is 0 Å². The molecule has 6 nitrogen and oxygen atoms in total. The molecule has 4 aromatic rings. The molecule has 37 heavy (non-hydrogen) atoms. The van der Waals surface area contributed by atoms with Gasteiger partial charge in [0.15, 0.2) is 5.13 Å². The van der Waals surface area contributed by atoms with Crippen molar-refractivity contribution in [1.82, 2.24) is 18.7 Å². The Hall–Kier alpha value is -2.55. The van der Waals surface area contributed by atoms with Crippen molar-refractivity contribution in [2.24, 2.45) is 0 Å². The highest BCUT2D eigenvalue weighted by atomic mass is 32.2. The summed E-state index contributed by atoms with van der Waals surface area (Å²) in [7, 11) is 1.21. The molecule has 1 saturated heterocycles. The van der Waals surface area contributed by atoms with Gasteiger partial charge in [-0.1, -0.05) is 58.0 Å². The second-order valence-electron chi connectivity index (χ2n) is 11.0. The fourth-order valence-corrected chi connectivity index (χ4v) is 6.69. The Kier molecular flexibility index (Phi) is 7.27. The Morgan fingerprint density at radius 1 is 1.08 bits per heavy atom. The zero-order chi connectivity index (χ0) is 26.3. The third-order valence-corrected chi connectivity index (χ3v) is 9.46. The minimum atomic E-state index is -0.886. The van der Waals surface area contributed by atoms with E-state index in [9.17, 15) is 4.21 Å². The molecule has 4 heterocycles. The molecule has 5 rings (SSSR count). The summed E-state index contributed by atoms with van der Waals surface area (Å²) < 4.78 is 16.2. The van der Waals surface area contributed by atoms with E-state index in [1.165, 1.54) is 11.1 Å². The molecule has 0 bridgehead atoms. The van der Waals surface area contributed by atoms with E-state index in [0.29, 0.717) is 5.92 Å². The summed E-state index contributed by atoms with van der Waals surface area (Å²) in [6.45, 7) is 10.6. The van der Waals surface area contributed by atoms with Crippen LogP contribution >= 0.6 is 11.3 Å². The van der Waals surface area contributed by atoms with Crippen LogP contribution in [0.2, 0.25) is 0 Å². The first-order valence-corrected chi connectivity index (χ1v) is 15.4. The molecule has 1 fully saturated rings. The largest absolute Gasteiger partial charge is 0.305 e. The fourth-order valence-electron chi connectivity index (χ4n) is 5.16. The van der Waals surface area contributed by atoms with Gasteiger partial charge in [-0.25, -0.2) is 18.5 Å². The minimum absolute atomic E-state index is 0.135. The zero-order valence-electron chi connectivity index (χ0n) is 22.7. The van der Waals surface area contributed by atoms with Gasteiger partial charge in [-0.05, 0) is 47.8 Å². The van der Waals surface area contributed by atoms with Crippen molar-refractivity contribution in [2.45, 2.75) is 58.3 Å². The predicted molar refractivity (Wildman–Crippen MR) is 156 cm³/mol. The summed E-state index contributed by atoms with van der Waals surface area (Å²) in [5.74, 6) is 1.55. The molecule has 1 atom stereocenters. The molecular weight excluding hydrogens is 498 g/mol. The lowest BCUT2D eigenvalue weighted by Gasteiger charge is -2.30. The number of anilines is 2. The monoisotopic (exact) mass is 535 g/mol. The molecule has 0 spiro atoms. The number of fused-ring (bicyclic) bond motifs is 1. The normalized spacial score (nSPS) is 16.4. The molecule has 0 aliphatic carbocycles. The van der Waals surface area contributed by atoms with E-state index in [4.69, 9.17) is 9.97 Å². The van der Waals surface area contributed by atoms with E-state index in [-0.39, 0.29) is 5.41 Å². The van der Waals surface area contributed by atoms with Gasteiger partial charge in [0.1, 0.15) is 11.5 Å². The van der Waals surface area contributed by atoms with Crippen molar-refractivity contribution >= 4 is 38.9 Å². The number of thiazole rings is 1. The third kappa shape index (κ3) is 5.24. The number of imidazole rings is 1. The topological polar surface area (TPSA) is 53.7 Å². The molecule has 1 aliphatic rings. The second-order valence-corrected chi connectivity index (χ2v) is 13.2. The third-order valence-electron chi connectivity index (χ3n) is 7.45. The van der Waals surface area contributed by atoms with Crippen LogP contribution in [0.4, 0.5) is 10.9 Å². The fraction of sp³-hybridized carbons (Fsp3) is 0.448. The summed E-state index contributed by atoms with van der Waals surface area (Å²) >= 11 is 1.66. The van der Waals surface area contributed by atoms with Crippen molar-refractivity contribution in [3.05, 3.63) is 64.8 Å². The maximum atomic E-state index is 11.9. The summed E-state index contributed by atoms with van der Waals surface area (Å²) in [5, 5.41) is 3.10. The standard InChI is InChI=1S/C29H37N5OS2/c1-7-24-27(32(5)28-31-25(19-36-28)21-8-11-23(12-9-21)29(2,3)4)34-18-22(10-13-26(34)30-24)20-14-16-33(17-15-20)37(6)35/h8-13,18-20H,7,14-17H2,1-6H3. The number of nitrogens with zero attached hydrogens (tertiary/aromatic N) is 5. The number of hydrogen-bond acceptors (Lipinski definition) is 5. The Morgan fingerprint density at radius 2 is 1.78 bits per heavy atom. The summed E-state index contributed by atoms with van der Waals surface area (Å²) in [5.41, 5.74) is 6.95. The number of aromatic nitrogens is 3. The Morgan fingerprint density at radius 3 is 2.41 bits per heavy atom. The van der Waals surface area contributed by atoms with Crippen molar-refractivity contribution < 1.29 is 4.21 Å². The first-order chi connectivity index (χ1) is 17.7. The summed E-state index contributed by atoms with van der Waals surface area (Å²) in [6, 6.07) is 13.1. The minimum Gasteiger partial charge on any atom is -0.305 e. The van der Waals surface area contributed by atoms with Gasteiger partial charge in [0.2, 0.25) is 0 Å². The average Bonchev–Trinajstić information content (AvgIpc) is 3.53. The molecule has 0 saturated carbocycles. The van der Waals surface area contributed by atoms with Crippen molar-refractivity contribution in [2.75, 3.05) is 31.3 Å². The summed E-state index contributed by atoms with van der Waals surface area (Å²) in [4.78, 5) is 12.1. The van der Waals surface area contributed by atoms with Crippen LogP contribution in [0, 0.1) is 0 Å². The Labute approximate surface area is 227 Å². The van der Waals surface area contributed by atoms with Crippen molar-refractivity contribution in [3.8, 4) is 11.3 Å². The molecule has 1 unspecified atom stereocenters. The van der Waals surface area contributed by atoms with Gasteiger partial charge in [0, 0.05) is 43.5 Å². The first-order valence-electron chi connectivity index (χ1n) is 13.0. The van der Waals surface area contributed by atoms with Crippen LogP contribution in [-0.4, -0.2) is 49.3 Å². The van der Waals surface area contributed by atoms with E-state index in [0.717, 1.165) is 65.9 Å². The number of aryl methyl sites for hydroxylation is 1. The van der Waals surface area contributed by atoms with Crippen LogP contribution < -0.4 is 4.90 Å². The highest BCUT2D eigenvalue weighted by Gasteiger charge is 2.24. The molecule has 0 N–H and O–H groups in total. The van der Waals surface area contributed by atoms with Crippen LogP contribution in [0.1, 0.15) is 63.3 Å². The molecule has 1 aromatic carbocycles. The van der Waals surface area contributed by atoms with Crippen LogP contribution in [0.25, 0.3) is 16.9 Å². The second kappa shape index (κ2) is 10.3. The maximum Gasteiger partial charge on any atom is 0.191 e. The van der Waals surface area contributed by atoms with Crippen LogP contribution in [0.15, 0.2) is 48.0 Å². The van der Waals surface area contributed by atoms with Gasteiger partial charge in [0.25, 0.3) is 0 Å². The molecule has 3 aromatic heterocycles. The lowest BCUT2D eigenvalue weighted by molar-refractivity contribution is 0.335. The lowest BCUT2D eigenvalue weighted by Crippen LogP contribution is -2.33. The smallest absolute Gasteiger partial charge is 0.191 e. The molecular formula is C29H37N5OS2. The molecule has 196 valence electrons. The lowest BCUT2D eigenvalue weighted by atomic mass is 9.86. The van der Waals surface area contributed by atoms with E-state index < -0.39 is 11.0 Å². The Bertz CT molecular complexity index is 1410. The summed E-state index contributed by atoms with van der Waals surface area (Å²) in [6.07, 6.45) is 6.93.